The van der Waals surface area contributed by atoms with Gasteiger partial charge in [0.15, 0.2) is 0 Å². The number of thiol groups is 1. The molecular weight excluding hydrogens is 204 g/mol. The van der Waals surface area contributed by atoms with Crippen LogP contribution >= 0.6 is 12.6 Å². The van der Waals surface area contributed by atoms with Crippen LogP contribution in [-0.2, 0) is 5.41 Å². The Morgan fingerprint density at radius 2 is 1.67 bits per heavy atom. The van der Waals surface area contributed by atoms with Crippen LogP contribution < -0.4 is 4.74 Å². The smallest absolute Gasteiger partial charge is 0.122 e. The van der Waals surface area contributed by atoms with Gasteiger partial charge in [0.1, 0.15) is 5.75 Å². The van der Waals surface area contributed by atoms with Crippen molar-refractivity contribution in [2.75, 3.05) is 7.11 Å². The molecule has 0 aliphatic rings. The summed E-state index contributed by atoms with van der Waals surface area (Å²) in [7, 11) is 1.70. The molecule has 0 fully saturated rings. The monoisotopic (exact) mass is 226 g/mol. The lowest BCUT2D eigenvalue weighted by atomic mass is 9.86. The number of ether oxygens (including phenoxy) is 1. The van der Waals surface area contributed by atoms with Gasteiger partial charge in [-0.2, -0.15) is 0 Å². The molecule has 0 aromatic heterocycles. The van der Waals surface area contributed by atoms with Crippen LogP contribution in [0.4, 0.5) is 0 Å². The number of methoxy groups -OCH3 is 1. The lowest BCUT2D eigenvalue weighted by Gasteiger charge is -2.22. The van der Waals surface area contributed by atoms with E-state index in [9.17, 15) is 0 Å². The predicted molar refractivity (Wildman–Crippen MR) is 70.3 cm³/mol. The van der Waals surface area contributed by atoms with Gasteiger partial charge in [0, 0.05) is 10.5 Å². The first kappa shape index (κ1) is 14.4. The Morgan fingerprint density at radius 3 is 2.07 bits per heavy atom. The molecule has 1 rings (SSSR count). The molecule has 0 saturated heterocycles. The molecule has 0 atom stereocenters. The molecule has 0 aliphatic carbocycles. The maximum absolute atomic E-state index is 5.29. The van der Waals surface area contributed by atoms with Crippen molar-refractivity contribution in [3.63, 3.8) is 0 Å². The normalized spacial score (nSPS) is 10.3. The second kappa shape index (κ2) is 6.06. The van der Waals surface area contributed by atoms with Crippen LogP contribution in [0.25, 0.3) is 0 Å². The van der Waals surface area contributed by atoms with Crippen LogP contribution in [0.3, 0.4) is 0 Å². The topological polar surface area (TPSA) is 9.23 Å². The molecule has 15 heavy (non-hydrogen) atoms. The molecule has 2 heteroatoms. The fourth-order valence-electron chi connectivity index (χ4n) is 1.28. The van der Waals surface area contributed by atoms with E-state index >= 15 is 0 Å². The van der Waals surface area contributed by atoms with Crippen LogP contribution in [0.15, 0.2) is 23.1 Å². The second-order valence-corrected chi connectivity index (χ2v) is 4.65. The van der Waals surface area contributed by atoms with Gasteiger partial charge in [-0.1, -0.05) is 34.6 Å². The van der Waals surface area contributed by atoms with Gasteiger partial charge in [0.2, 0.25) is 0 Å². The standard InChI is InChI=1S/C11H16OS.C2H6/c1-11(2,3)9-7-8(13)5-6-10(9)12-4;1-2/h5-7,13H,1-4H3;1-2H3. The zero-order valence-electron chi connectivity index (χ0n) is 10.6. The largest absolute Gasteiger partial charge is 0.496 e. The van der Waals surface area contributed by atoms with Gasteiger partial charge in [-0.05, 0) is 23.6 Å². The maximum atomic E-state index is 5.29. The van der Waals surface area contributed by atoms with Gasteiger partial charge < -0.3 is 4.74 Å². The molecule has 0 N–H and O–H groups in total. The summed E-state index contributed by atoms with van der Waals surface area (Å²) in [6.07, 6.45) is 0. The van der Waals surface area contributed by atoms with E-state index in [2.05, 4.69) is 39.5 Å². The summed E-state index contributed by atoms with van der Waals surface area (Å²) < 4.78 is 5.29. The highest BCUT2D eigenvalue weighted by molar-refractivity contribution is 7.80. The summed E-state index contributed by atoms with van der Waals surface area (Å²) >= 11 is 4.32. The van der Waals surface area contributed by atoms with Crippen LogP contribution in [0, 0.1) is 0 Å². The Morgan fingerprint density at radius 1 is 1.13 bits per heavy atom. The molecule has 0 radical (unpaired) electrons. The molecule has 1 nitrogen and oxygen atoms in total. The zero-order chi connectivity index (χ0) is 12.1. The van der Waals surface area contributed by atoms with E-state index in [0.717, 1.165) is 10.6 Å². The quantitative estimate of drug-likeness (QED) is 0.702. The van der Waals surface area contributed by atoms with E-state index in [1.165, 1.54) is 5.56 Å². The van der Waals surface area contributed by atoms with E-state index in [1.807, 2.05) is 26.0 Å². The average molecular weight is 226 g/mol. The Balaban J connectivity index is 0.000000921. The molecule has 0 amide bonds. The van der Waals surface area contributed by atoms with Crippen LogP contribution in [0.1, 0.15) is 40.2 Å². The molecule has 0 heterocycles. The van der Waals surface area contributed by atoms with Crippen molar-refractivity contribution >= 4 is 12.6 Å². The predicted octanol–water partition coefficient (Wildman–Crippen LogP) is 4.31. The lowest BCUT2D eigenvalue weighted by molar-refractivity contribution is 0.397. The molecule has 0 spiro atoms. The Hall–Kier alpha value is -0.630. The fourth-order valence-corrected chi connectivity index (χ4v) is 1.49. The Bertz CT molecular complexity index is 300. The molecule has 0 unspecified atom stereocenters. The van der Waals surface area contributed by atoms with Crippen LogP contribution in [0.2, 0.25) is 0 Å². The number of benzene rings is 1. The summed E-state index contributed by atoms with van der Waals surface area (Å²) in [6, 6.07) is 5.96. The van der Waals surface area contributed by atoms with Gasteiger partial charge in [-0.15, -0.1) is 12.6 Å². The van der Waals surface area contributed by atoms with Crippen molar-refractivity contribution in [1.29, 1.82) is 0 Å². The van der Waals surface area contributed by atoms with Gasteiger partial charge in [0.25, 0.3) is 0 Å². The molecular formula is C13H22OS. The third-order valence-corrected chi connectivity index (χ3v) is 2.27. The highest BCUT2D eigenvalue weighted by atomic mass is 32.1. The first-order valence-corrected chi connectivity index (χ1v) is 5.77. The minimum absolute atomic E-state index is 0.101. The van der Waals surface area contributed by atoms with Crippen LogP contribution in [-0.4, -0.2) is 7.11 Å². The molecule has 1 aromatic carbocycles. The fraction of sp³-hybridized carbons (Fsp3) is 0.538. The summed E-state index contributed by atoms with van der Waals surface area (Å²) in [6.45, 7) is 10.5. The number of rotatable bonds is 1. The zero-order valence-corrected chi connectivity index (χ0v) is 11.5. The maximum Gasteiger partial charge on any atom is 0.122 e. The lowest BCUT2D eigenvalue weighted by Crippen LogP contribution is -2.12. The Labute approximate surface area is 99.3 Å². The van der Waals surface area contributed by atoms with Gasteiger partial charge in [-0.25, -0.2) is 0 Å². The van der Waals surface area contributed by atoms with Crippen molar-refractivity contribution in [1.82, 2.24) is 0 Å². The minimum Gasteiger partial charge on any atom is -0.496 e. The number of hydrogen-bond donors (Lipinski definition) is 1. The molecule has 0 aliphatic heterocycles. The van der Waals surface area contributed by atoms with Gasteiger partial charge in [0.05, 0.1) is 7.11 Å². The van der Waals surface area contributed by atoms with Crippen molar-refractivity contribution in [2.45, 2.75) is 44.9 Å². The van der Waals surface area contributed by atoms with E-state index < -0.39 is 0 Å². The SMILES string of the molecule is CC.COc1ccc(S)cc1C(C)(C)C. The Kier molecular flexibility index (Phi) is 5.81. The summed E-state index contributed by atoms with van der Waals surface area (Å²) in [4.78, 5) is 0.978. The van der Waals surface area contributed by atoms with Crippen molar-refractivity contribution in [3.05, 3.63) is 23.8 Å². The second-order valence-electron chi connectivity index (χ2n) is 4.13. The molecule has 0 saturated carbocycles. The summed E-state index contributed by atoms with van der Waals surface area (Å²) in [5.74, 6) is 0.935. The molecule has 1 aromatic rings. The van der Waals surface area contributed by atoms with Gasteiger partial charge >= 0.3 is 0 Å². The van der Waals surface area contributed by atoms with E-state index in [4.69, 9.17) is 4.74 Å². The van der Waals surface area contributed by atoms with Crippen LogP contribution in [0.5, 0.6) is 5.75 Å². The van der Waals surface area contributed by atoms with E-state index in [1.54, 1.807) is 7.11 Å². The molecule has 86 valence electrons. The van der Waals surface area contributed by atoms with Gasteiger partial charge in [-0.3, -0.25) is 0 Å². The first-order valence-electron chi connectivity index (χ1n) is 5.32. The van der Waals surface area contributed by atoms with Crippen molar-refractivity contribution < 1.29 is 4.74 Å². The van der Waals surface area contributed by atoms with Crippen molar-refractivity contribution in [3.8, 4) is 5.75 Å². The minimum atomic E-state index is 0.101. The summed E-state index contributed by atoms with van der Waals surface area (Å²) in [5, 5.41) is 0. The van der Waals surface area contributed by atoms with E-state index in [0.29, 0.717) is 0 Å². The average Bonchev–Trinajstić information content (AvgIpc) is 2.19. The molecule has 0 bridgehead atoms. The highest BCUT2D eigenvalue weighted by Gasteiger charge is 2.18. The van der Waals surface area contributed by atoms with E-state index in [-0.39, 0.29) is 5.41 Å². The highest BCUT2D eigenvalue weighted by Crippen LogP contribution is 2.32. The third kappa shape index (κ3) is 4.17. The third-order valence-electron chi connectivity index (χ3n) is 1.99. The first-order chi connectivity index (χ1) is 6.95. The van der Waals surface area contributed by atoms with Crippen molar-refractivity contribution in [2.24, 2.45) is 0 Å². The summed E-state index contributed by atoms with van der Waals surface area (Å²) in [5.41, 5.74) is 1.30. The number of hydrogen-bond acceptors (Lipinski definition) is 2.